The van der Waals surface area contributed by atoms with Gasteiger partial charge in [0.2, 0.25) is 5.76 Å². The van der Waals surface area contributed by atoms with Gasteiger partial charge < -0.3 is 14.4 Å². The summed E-state index contributed by atoms with van der Waals surface area (Å²) in [7, 11) is 4.18. The molecule has 18 heavy (non-hydrogen) atoms. The number of carboxylic acid groups (broad SMARTS) is 1. The van der Waals surface area contributed by atoms with Crippen molar-refractivity contribution in [3.05, 3.63) is 23.7 Å². The predicted molar refractivity (Wildman–Crippen MR) is 67.6 cm³/mol. The molecule has 0 saturated carbocycles. The highest BCUT2D eigenvalue weighted by Gasteiger charge is 2.31. The summed E-state index contributed by atoms with van der Waals surface area (Å²) in [5, 5.41) is 9.00. The van der Waals surface area contributed by atoms with Crippen molar-refractivity contribution in [3.63, 3.8) is 0 Å². The van der Waals surface area contributed by atoms with Crippen LogP contribution in [-0.4, -0.2) is 54.1 Å². The van der Waals surface area contributed by atoms with Crippen LogP contribution in [0.5, 0.6) is 0 Å². The van der Waals surface area contributed by atoms with Crippen molar-refractivity contribution in [1.29, 1.82) is 0 Å². The first-order valence-corrected chi connectivity index (χ1v) is 6.17. The second kappa shape index (κ2) is 5.12. The Kier molecular flexibility index (Phi) is 3.73. The van der Waals surface area contributed by atoms with Gasteiger partial charge in [-0.15, -0.1) is 0 Å². The zero-order valence-electron chi connectivity index (χ0n) is 11.1. The Labute approximate surface area is 107 Å². The first kappa shape index (κ1) is 13.1. The fourth-order valence-electron chi connectivity index (χ4n) is 2.74. The molecule has 0 spiro atoms. The van der Waals surface area contributed by atoms with E-state index in [1.807, 2.05) is 0 Å². The summed E-state index contributed by atoms with van der Waals surface area (Å²) in [5.74, 6) is -0.331. The molecule has 5 nitrogen and oxygen atoms in total. The summed E-state index contributed by atoms with van der Waals surface area (Å²) in [4.78, 5) is 15.5. The number of hydrogen-bond donors (Lipinski definition) is 1. The lowest BCUT2D eigenvalue weighted by Gasteiger charge is -2.22. The normalized spacial score (nSPS) is 24.9. The summed E-state index contributed by atoms with van der Waals surface area (Å²) in [6.07, 6.45) is 1.45. The van der Waals surface area contributed by atoms with Crippen molar-refractivity contribution < 1.29 is 14.3 Å². The van der Waals surface area contributed by atoms with E-state index in [9.17, 15) is 4.79 Å². The number of hydrogen-bond acceptors (Lipinski definition) is 4. The van der Waals surface area contributed by atoms with Gasteiger partial charge in [-0.3, -0.25) is 4.90 Å². The molecule has 1 aliphatic heterocycles. The maximum absolute atomic E-state index is 11.0. The van der Waals surface area contributed by atoms with Gasteiger partial charge in [-0.05, 0) is 26.1 Å². The Hall–Kier alpha value is -1.33. The van der Waals surface area contributed by atoms with Crippen molar-refractivity contribution in [2.24, 2.45) is 5.92 Å². The monoisotopic (exact) mass is 252 g/mol. The van der Waals surface area contributed by atoms with Crippen LogP contribution in [0.3, 0.4) is 0 Å². The lowest BCUT2D eigenvalue weighted by molar-refractivity contribution is 0.0659. The summed E-state index contributed by atoms with van der Waals surface area (Å²) in [5.41, 5.74) is 0.758. The van der Waals surface area contributed by atoms with Crippen LogP contribution in [0.2, 0.25) is 0 Å². The lowest BCUT2D eigenvalue weighted by atomic mass is 10.1. The molecule has 1 aromatic rings. The Balaban J connectivity index is 2.03. The predicted octanol–water partition coefficient (Wildman–Crippen LogP) is 1.36. The first-order valence-electron chi connectivity index (χ1n) is 6.17. The minimum Gasteiger partial charge on any atom is -0.475 e. The van der Waals surface area contributed by atoms with E-state index in [4.69, 9.17) is 9.52 Å². The molecule has 1 N–H and O–H groups in total. The van der Waals surface area contributed by atoms with Crippen LogP contribution in [0.1, 0.15) is 23.0 Å². The Bertz CT molecular complexity index is 428. The number of likely N-dealkylation sites (tertiary alicyclic amines) is 1. The molecular weight excluding hydrogens is 232 g/mol. The Morgan fingerprint density at radius 3 is 2.83 bits per heavy atom. The number of nitrogens with zero attached hydrogens (tertiary/aromatic N) is 2. The first-order chi connectivity index (χ1) is 8.49. The van der Waals surface area contributed by atoms with Crippen molar-refractivity contribution in [1.82, 2.24) is 9.80 Å². The van der Waals surface area contributed by atoms with Crippen LogP contribution >= 0.6 is 0 Å². The standard InChI is InChI=1S/C13H20N2O3/c1-9-6-15(8-11(9)14(2)3)7-10-4-5-18-12(10)13(16)17/h4-5,9,11H,6-8H2,1-3H3,(H,16,17). The maximum atomic E-state index is 11.0. The van der Waals surface area contributed by atoms with Gasteiger partial charge in [0.25, 0.3) is 0 Å². The molecule has 2 heterocycles. The van der Waals surface area contributed by atoms with Gasteiger partial charge in [0.05, 0.1) is 6.26 Å². The minimum atomic E-state index is -0.994. The molecular formula is C13H20N2O3. The molecule has 0 bridgehead atoms. The molecule has 1 aromatic heterocycles. The largest absolute Gasteiger partial charge is 0.475 e. The number of carbonyl (C=O) groups is 1. The van der Waals surface area contributed by atoms with Gasteiger partial charge in [-0.25, -0.2) is 4.79 Å². The van der Waals surface area contributed by atoms with Gasteiger partial charge in [0.1, 0.15) is 0 Å². The molecule has 2 atom stereocenters. The average Bonchev–Trinajstić information content (AvgIpc) is 2.85. The molecule has 0 amide bonds. The smallest absolute Gasteiger partial charge is 0.372 e. The highest BCUT2D eigenvalue weighted by Crippen LogP contribution is 2.23. The summed E-state index contributed by atoms with van der Waals surface area (Å²) in [6.45, 7) is 4.84. The number of carboxylic acids is 1. The lowest BCUT2D eigenvalue weighted by Crippen LogP contribution is -2.34. The average molecular weight is 252 g/mol. The van der Waals surface area contributed by atoms with Gasteiger partial charge >= 0.3 is 5.97 Å². The zero-order chi connectivity index (χ0) is 13.3. The second-order valence-electron chi connectivity index (χ2n) is 5.28. The molecule has 2 unspecified atom stereocenters. The van der Waals surface area contributed by atoms with Gasteiger partial charge in [-0.2, -0.15) is 0 Å². The van der Waals surface area contributed by atoms with E-state index < -0.39 is 5.97 Å². The van der Waals surface area contributed by atoms with Gasteiger partial charge in [0.15, 0.2) is 0 Å². The molecule has 1 fully saturated rings. The van der Waals surface area contributed by atoms with Crippen molar-refractivity contribution in [3.8, 4) is 0 Å². The molecule has 5 heteroatoms. The van der Waals surface area contributed by atoms with Crippen LogP contribution in [0.4, 0.5) is 0 Å². The van der Waals surface area contributed by atoms with Crippen LogP contribution in [0.25, 0.3) is 0 Å². The summed E-state index contributed by atoms with van der Waals surface area (Å²) >= 11 is 0. The van der Waals surface area contributed by atoms with Gasteiger partial charge in [-0.1, -0.05) is 6.92 Å². The third kappa shape index (κ3) is 2.57. The van der Waals surface area contributed by atoms with Crippen molar-refractivity contribution in [2.45, 2.75) is 19.5 Å². The number of furan rings is 1. The fourth-order valence-corrected chi connectivity index (χ4v) is 2.74. The third-order valence-corrected chi connectivity index (χ3v) is 3.65. The van der Waals surface area contributed by atoms with Crippen molar-refractivity contribution >= 4 is 5.97 Å². The van der Waals surface area contributed by atoms with E-state index in [1.165, 1.54) is 6.26 Å². The Morgan fingerprint density at radius 2 is 2.28 bits per heavy atom. The molecule has 100 valence electrons. The maximum Gasteiger partial charge on any atom is 0.372 e. The highest BCUT2D eigenvalue weighted by atomic mass is 16.4. The quantitative estimate of drug-likeness (QED) is 0.877. The third-order valence-electron chi connectivity index (χ3n) is 3.65. The van der Waals surface area contributed by atoms with E-state index in [1.54, 1.807) is 6.07 Å². The number of likely N-dealkylation sites (N-methyl/N-ethyl adjacent to an activating group) is 1. The molecule has 1 saturated heterocycles. The van der Waals surface area contributed by atoms with Crippen LogP contribution in [-0.2, 0) is 6.54 Å². The number of rotatable bonds is 4. The SMILES string of the molecule is CC1CN(Cc2ccoc2C(=O)O)CC1N(C)C. The van der Waals surface area contributed by atoms with Crippen LogP contribution in [0, 0.1) is 5.92 Å². The fraction of sp³-hybridized carbons (Fsp3) is 0.615. The molecule has 0 aromatic carbocycles. The van der Waals surface area contributed by atoms with Crippen molar-refractivity contribution in [2.75, 3.05) is 27.2 Å². The number of aromatic carboxylic acids is 1. The zero-order valence-corrected chi connectivity index (χ0v) is 11.1. The summed E-state index contributed by atoms with van der Waals surface area (Å²) < 4.78 is 5.00. The molecule has 2 rings (SSSR count). The molecule has 0 aliphatic carbocycles. The Morgan fingerprint density at radius 1 is 1.56 bits per heavy atom. The van der Waals surface area contributed by atoms with E-state index in [0.29, 0.717) is 18.5 Å². The summed E-state index contributed by atoms with van der Waals surface area (Å²) in [6, 6.07) is 2.28. The minimum absolute atomic E-state index is 0.0657. The van der Waals surface area contributed by atoms with Crippen LogP contribution < -0.4 is 0 Å². The molecule has 1 aliphatic rings. The van der Waals surface area contributed by atoms with Gasteiger partial charge in [0, 0.05) is 31.2 Å². The highest BCUT2D eigenvalue weighted by molar-refractivity contribution is 5.86. The van der Waals surface area contributed by atoms with E-state index in [2.05, 4.69) is 30.8 Å². The van der Waals surface area contributed by atoms with Crippen LogP contribution in [0.15, 0.2) is 16.7 Å². The van der Waals surface area contributed by atoms with E-state index >= 15 is 0 Å². The molecule has 0 radical (unpaired) electrons. The second-order valence-corrected chi connectivity index (χ2v) is 5.28. The van der Waals surface area contributed by atoms with E-state index in [0.717, 1.165) is 18.7 Å². The topological polar surface area (TPSA) is 56.9 Å². The van der Waals surface area contributed by atoms with E-state index in [-0.39, 0.29) is 5.76 Å².